The van der Waals surface area contributed by atoms with Crippen LogP contribution in [0.5, 0.6) is 5.75 Å². The number of carbonyl (C=O) groups excluding carboxylic acids is 2. The van der Waals surface area contributed by atoms with E-state index >= 15 is 0 Å². The van der Waals surface area contributed by atoms with E-state index in [2.05, 4.69) is 6.92 Å². The van der Waals surface area contributed by atoms with Crippen LogP contribution in [0.2, 0.25) is 0 Å². The van der Waals surface area contributed by atoms with Gasteiger partial charge in [0.15, 0.2) is 5.25 Å². The maximum Gasteiger partial charge on any atom is 0.327 e. The zero-order valence-corrected chi connectivity index (χ0v) is 20.0. The van der Waals surface area contributed by atoms with Crippen LogP contribution in [-0.4, -0.2) is 36.8 Å². The number of para-hydroxylation sites is 1. The van der Waals surface area contributed by atoms with E-state index in [9.17, 15) is 22.6 Å². The lowest BCUT2D eigenvalue weighted by Gasteiger charge is -2.13. The number of ether oxygens (including phenoxy) is 2. The molecule has 32 heavy (non-hydrogen) atoms. The highest BCUT2D eigenvalue weighted by Gasteiger charge is 2.35. The summed E-state index contributed by atoms with van der Waals surface area (Å²) in [6, 6.07) is 8.06. The Hall–Kier alpha value is -1.93. The van der Waals surface area contributed by atoms with E-state index in [4.69, 9.17) is 9.47 Å². The van der Waals surface area contributed by atoms with Crippen LogP contribution in [0.1, 0.15) is 90.4 Å². The molecule has 1 rings (SSSR count). The van der Waals surface area contributed by atoms with Crippen molar-refractivity contribution in [3.8, 4) is 5.75 Å². The number of unbranched alkanes of at least 4 members (excludes halogenated alkanes) is 11. The third-order valence-corrected chi connectivity index (χ3v) is 6.27. The maximum absolute atomic E-state index is 12.1. The van der Waals surface area contributed by atoms with Gasteiger partial charge in [0.1, 0.15) is 5.75 Å². The molecule has 1 atom stereocenters. The molecule has 182 valence electrons. The summed E-state index contributed by atoms with van der Waals surface area (Å²) in [6.45, 7) is 2.27. The molecular weight excluding hydrogens is 432 g/mol. The van der Waals surface area contributed by atoms with Gasteiger partial charge in [0.25, 0.3) is 10.1 Å². The van der Waals surface area contributed by atoms with Crippen LogP contribution in [0.25, 0.3) is 0 Å². The minimum absolute atomic E-state index is 0.0516. The fraction of sp³-hybridized carbons (Fsp3) is 0.667. The largest absolute Gasteiger partial charge is 0.465 e. The molecule has 0 amide bonds. The summed E-state index contributed by atoms with van der Waals surface area (Å²) < 4.78 is 42.4. The van der Waals surface area contributed by atoms with Crippen LogP contribution in [-0.2, 0) is 24.4 Å². The summed E-state index contributed by atoms with van der Waals surface area (Å²) in [6.07, 6.45) is 13.1. The second-order valence-electron chi connectivity index (χ2n) is 8.05. The first-order valence-corrected chi connectivity index (χ1v) is 13.2. The molecule has 8 heteroatoms. The molecule has 0 saturated carbocycles. The van der Waals surface area contributed by atoms with Crippen LogP contribution >= 0.6 is 0 Å². The van der Waals surface area contributed by atoms with Gasteiger partial charge in [-0.3, -0.25) is 14.1 Å². The zero-order chi connectivity index (χ0) is 23.7. The number of hydrogen-bond acceptors (Lipinski definition) is 6. The maximum atomic E-state index is 12.1. The Bertz CT molecular complexity index is 747. The first-order valence-electron chi connectivity index (χ1n) is 11.7. The lowest BCUT2D eigenvalue weighted by atomic mass is 10.1. The van der Waals surface area contributed by atoms with Crippen molar-refractivity contribution in [3.05, 3.63) is 30.3 Å². The predicted molar refractivity (Wildman–Crippen MR) is 124 cm³/mol. The Morgan fingerprint density at radius 1 is 0.844 bits per heavy atom. The van der Waals surface area contributed by atoms with E-state index in [0.717, 1.165) is 19.3 Å². The van der Waals surface area contributed by atoms with Crippen molar-refractivity contribution in [1.29, 1.82) is 0 Å². The average molecular weight is 471 g/mol. The van der Waals surface area contributed by atoms with Crippen molar-refractivity contribution < 1.29 is 32.0 Å². The molecule has 1 aromatic carbocycles. The Morgan fingerprint density at radius 3 is 1.84 bits per heavy atom. The lowest BCUT2D eigenvalue weighted by molar-refractivity contribution is -0.146. The quantitative estimate of drug-likeness (QED) is 0.131. The zero-order valence-electron chi connectivity index (χ0n) is 19.2. The fourth-order valence-corrected chi connectivity index (χ4v) is 3.99. The van der Waals surface area contributed by atoms with Crippen molar-refractivity contribution in [2.45, 2.75) is 95.6 Å². The number of benzene rings is 1. The smallest absolute Gasteiger partial charge is 0.327 e. The van der Waals surface area contributed by atoms with Gasteiger partial charge >= 0.3 is 11.9 Å². The standard InChI is InChI=1S/C24H38O7S/c1-2-3-4-5-6-7-8-9-10-11-12-16-19-30-24(26)22(32(27,28)29)20-23(25)31-21-17-14-13-15-18-21/h13-15,17-18,22H,2-12,16,19-20H2,1H3,(H,27,28,29). The van der Waals surface area contributed by atoms with Crippen molar-refractivity contribution >= 4 is 22.1 Å². The van der Waals surface area contributed by atoms with E-state index in [-0.39, 0.29) is 12.4 Å². The molecule has 0 spiro atoms. The lowest BCUT2D eigenvalue weighted by Crippen LogP contribution is -2.35. The molecule has 0 aliphatic rings. The van der Waals surface area contributed by atoms with E-state index in [1.165, 1.54) is 63.5 Å². The number of hydrogen-bond donors (Lipinski definition) is 1. The van der Waals surface area contributed by atoms with Crippen LogP contribution in [0.15, 0.2) is 30.3 Å². The van der Waals surface area contributed by atoms with Crippen molar-refractivity contribution in [2.75, 3.05) is 6.61 Å². The van der Waals surface area contributed by atoms with E-state index in [1.807, 2.05) is 0 Å². The predicted octanol–water partition coefficient (Wildman–Crippen LogP) is 5.48. The minimum atomic E-state index is -4.79. The molecule has 0 aliphatic carbocycles. The summed E-state index contributed by atoms with van der Waals surface area (Å²) in [5.74, 6) is -1.86. The Balaban J connectivity index is 2.19. The average Bonchev–Trinajstić information content (AvgIpc) is 2.75. The van der Waals surface area contributed by atoms with Gasteiger partial charge in [-0.15, -0.1) is 0 Å². The fourth-order valence-electron chi connectivity index (χ4n) is 3.33. The van der Waals surface area contributed by atoms with Gasteiger partial charge in [-0.2, -0.15) is 8.42 Å². The second kappa shape index (κ2) is 16.7. The van der Waals surface area contributed by atoms with Gasteiger partial charge in [0.05, 0.1) is 13.0 Å². The molecular formula is C24H38O7S. The first-order chi connectivity index (χ1) is 15.3. The third-order valence-electron chi connectivity index (χ3n) is 5.19. The highest BCUT2D eigenvalue weighted by atomic mass is 32.2. The van der Waals surface area contributed by atoms with Gasteiger partial charge in [-0.05, 0) is 18.6 Å². The van der Waals surface area contributed by atoms with Gasteiger partial charge in [0, 0.05) is 0 Å². The van der Waals surface area contributed by atoms with E-state index in [0.29, 0.717) is 6.42 Å². The molecule has 0 aromatic heterocycles. The number of rotatable bonds is 18. The Labute approximate surface area is 192 Å². The Kier molecular flexibility index (Phi) is 14.6. The van der Waals surface area contributed by atoms with Crippen LogP contribution in [0, 0.1) is 0 Å². The van der Waals surface area contributed by atoms with E-state index in [1.54, 1.807) is 18.2 Å². The first kappa shape index (κ1) is 28.1. The van der Waals surface area contributed by atoms with Crippen LogP contribution < -0.4 is 4.74 Å². The summed E-state index contributed by atoms with van der Waals surface area (Å²) in [7, 11) is -4.79. The molecule has 0 radical (unpaired) electrons. The van der Waals surface area contributed by atoms with Gasteiger partial charge in [-0.25, -0.2) is 0 Å². The van der Waals surface area contributed by atoms with Crippen molar-refractivity contribution in [3.63, 3.8) is 0 Å². The van der Waals surface area contributed by atoms with Crippen molar-refractivity contribution in [2.24, 2.45) is 0 Å². The summed E-state index contributed by atoms with van der Waals surface area (Å²) in [5, 5.41) is -1.99. The number of carbonyl (C=O) groups is 2. The highest BCUT2D eigenvalue weighted by molar-refractivity contribution is 7.87. The molecule has 0 bridgehead atoms. The molecule has 0 aliphatic heterocycles. The normalized spacial score (nSPS) is 12.3. The number of esters is 2. The van der Waals surface area contributed by atoms with Crippen LogP contribution in [0.3, 0.4) is 0 Å². The van der Waals surface area contributed by atoms with E-state index < -0.39 is 33.7 Å². The van der Waals surface area contributed by atoms with Gasteiger partial charge in [0.2, 0.25) is 0 Å². The van der Waals surface area contributed by atoms with Gasteiger partial charge in [-0.1, -0.05) is 95.8 Å². The minimum Gasteiger partial charge on any atom is -0.465 e. The molecule has 0 heterocycles. The molecule has 1 aromatic rings. The molecule has 0 fully saturated rings. The van der Waals surface area contributed by atoms with Gasteiger partial charge < -0.3 is 9.47 Å². The monoisotopic (exact) mass is 470 g/mol. The molecule has 1 unspecified atom stereocenters. The van der Waals surface area contributed by atoms with Crippen LogP contribution in [0.4, 0.5) is 0 Å². The summed E-state index contributed by atoms with van der Waals surface area (Å²) >= 11 is 0. The molecule has 7 nitrogen and oxygen atoms in total. The second-order valence-corrected chi connectivity index (χ2v) is 9.65. The third kappa shape index (κ3) is 13.5. The summed E-state index contributed by atoms with van der Waals surface area (Å²) in [5.41, 5.74) is 0. The highest BCUT2D eigenvalue weighted by Crippen LogP contribution is 2.15. The molecule has 1 N–H and O–H groups in total. The topological polar surface area (TPSA) is 107 Å². The SMILES string of the molecule is CCCCCCCCCCCCCCOC(=O)C(CC(=O)Oc1ccccc1)S(=O)(=O)O. The Morgan fingerprint density at radius 2 is 1.34 bits per heavy atom. The molecule has 0 saturated heterocycles. The summed E-state index contributed by atoms with van der Waals surface area (Å²) in [4.78, 5) is 24.1. The van der Waals surface area contributed by atoms with Crippen molar-refractivity contribution in [1.82, 2.24) is 0 Å².